The summed E-state index contributed by atoms with van der Waals surface area (Å²) in [6, 6.07) is 0.142. The molecule has 15 heavy (non-hydrogen) atoms. The molecule has 0 saturated carbocycles. The minimum absolute atomic E-state index is 0.311. The molecule has 2 atom stereocenters. The fourth-order valence-corrected chi connectivity index (χ4v) is 3.26. The van der Waals surface area contributed by atoms with E-state index >= 15 is 0 Å². The lowest BCUT2D eigenvalue weighted by atomic mass is 10.0. The summed E-state index contributed by atoms with van der Waals surface area (Å²) in [6.45, 7) is 4.15. The van der Waals surface area contributed by atoms with Gasteiger partial charge in [-0.25, -0.2) is 0 Å². The molecular weight excluding hydrogens is 210 g/mol. The van der Waals surface area contributed by atoms with Crippen LogP contribution in [0, 0.1) is 5.92 Å². The Bertz CT molecular complexity index is 215. The van der Waals surface area contributed by atoms with Gasteiger partial charge in [0.05, 0.1) is 0 Å². The Labute approximate surface area is 96.2 Å². The molecular formula is C11H21NO2S. The van der Waals surface area contributed by atoms with Crippen molar-refractivity contribution < 1.29 is 9.90 Å². The van der Waals surface area contributed by atoms with Gasteiger partial charge in [-0.15, -0.1) is 0 Å². The van der Waals surface area contributed by atoms with E-state index in [9.17, 15) is 9.90 Å². The first kappa shape index (κ1) is 12.8. The molecule has 1 fully saturated rings. The predicted molar refractivity (Wildman–Crippen MR) is 64.4 cm³/mol. The molecule has 0 aromatic carbocycles. The monoisotopic (exact) mass is 231 g/mol. The summed E-state index contributed by atoms with van der Waals surface area (Å²) < 4.78 is 0. The molecule has 0 radical (unpaired) electrons. The van der Waals surface area contributed by atoms with Gasteiger partial charge in [0, 0.05) is 11.8 Å². The summed E-state index contributed by atoms with van der Waals surface area (Å²) in [5, 5.41) is 9.20. The molecule has 0 bridgehead atoms. The van der Waals surface area contributed by atoms with Gasteiger partial charge in [-0.1, -0.05) is 13.8 Å². The Kier molecular flexibility index (Phi) is 4.93. The van der Waals surface area contributed by atoms with Crippen molar-refractivity contribution in [2.45, 2.75) is 38.8 Å². The number of carboxylic acids is 1. The summed E-state index contributed by atoms with van der Waals surface area (Å²) in [5.41, 5.74) is 0. The van der Waals surface area contributed by atoms with E-state index in [2.05, 4.69) is 18.7 Å². The van der Waals surface area contributed by atoms with Crippen molar-refractivity contribution in [1.29, 1.82) is 0 Å². The summed E-state index contributed by atoms with van der Waals surface area (Å²) >= 11 is 1.92. The average Bonchev–Trinajstić information content (AvgIpc) is 2.65. The smallest absolute Gasteiger partial charge is 0.320 e. The van der Waals surface area contributed by atoms with Crippen molar-refractivity contribution in [3.05, 3.63) is 0 Å². The third-order valence-corrected chi connectivity index (χ3v) is 4.10. The number of thioether (sulfide) groups is 1. The zero-order valence-electron chi connectivity index (χ0n) is 9.77. The van der Waals surface area contributed by atoms with Gasteiger partial charge in [-0.3, -0.25) is 9.69 Å². The van der Waals surface area contributed by atoms with Crippen LogP contribution in [0.3, 0.4) is 0 Å². The van der Waals surface area contributed by atoms with Gasteiger partial charge in [0.25, 0.3) is 0 Å². The first-order valence-corrected chi connectivity index (χ1v) is 6.70. The molecule has 88 valence electrons. The standard InChI is InChI=1S/C11H21NO2S/c1-8(2)6-10(11(13)14)12(3)9-4-5-15-7-9/h8-10H,4-7H2,1-3H3,(H,13,14). The SMILES string of the molecule is CC(C)CC(C(=O)O)N(C)C1CCSC1. The molecule has 0 aromatic heterocycles. The zero-order chi connectivity index (χ0) is 11.4. The first-order valence-electron chi connectivity index (χ1n) is 5.55. The van der Waals surface area contributed by atoms with Crippen molar-refractivity contribution in [2.75, 3.05) is 18.6 Å². The predicted octanol–water partition coefficient (Wildman–Crippen LogP) is 1.92. The van der Waals surface area contributed by atoms with Gasteiger partial charge >= 0.3 is 5.97 Å². The fourth-order valence-electron chi connectivity index (χ4n) is 1.99. The Morgan fingerprint density at radius 2 is 2.27 bits per heavy atom. The second kappa shape index (κ2) is 5.75. The highest BCUT2D eigenvalue weighted by Crippen LogP contribution is 2.24. The number of rotatable bonds is 5. The minimum atomic E-state index is -0.678. The van der Waals surface area contributed by atoms with E-state index in [1.165, 1.54) is 5.75 Å². The lowest BCUT2D eigenvalue weighted by Crippen LogP contribution is -2.45. The Balaban J connectivity index is 2.57. The number of carboxylic acid groups (broad SMARTS) is 1. The summed E-state index contributed by atoms with van der Waals surface area (Å²) in [5.74, 6) is 2.01. The van der Waals surface area contributed by atoms with Gasteiger partial charge in [-0.05, 0) is 31.6 Å². The van der Waals surface area contributed by atoms with Gasteiger partial charge in [0.1, 0.15) is 6.04 Å². The third-order valence-electron chi connectivity index (χ3n) is 2.95. The molecule has 1 aliphatic rings. The van der Waals surface area contributed by atoms with Crippen LogP contribution in [0.15, 0.2) is 0 Å². The molecule has 1 saturated heterocycles. The van der Waals surface area contributed by atoms with Crippen LogP contribution < -0.4 is 0 Å². The van der Waals surface area contributed by atoms with Crippen LogP contribution in [0.4, 0.5) is 0 Å². The minimum Gasteiger partial charge on any atom is -0.480 e. The maximum Gasteiger partial charge on any atom is 0.320 e. The normalized spacial score (nSPS) is 23.7. The quantitative estimate of drug-likeness (QED) is 0.785. The van der Waals surface area contributed by atoms with Crippen molar-refractivity contribution >= 4 is 17.7 Å². The van der Waals surface area contributed by atoms with Crippen LogP contribution in [0.5, 0.6) is 0 Å². The zero-order valence-corrected chi connectivity index (χ0v) is 10.6. The molecule has 4 heteroatoms. The van der Waals surface area contributed by atoms with E-state index in [4.69, 9.17) is 0 Å². The second-order valence-corrected chi connectivity index (χ2v) is 5.82. The number of nitrogens with zero attached hydrogens (tertiary/aromatic N) is 1. The Morgan fingerprint density at radius 1 is 1.60 bits per heavy atom. The van der Waals surface area contributed by atoms with Crippen LogP contribution in [0.25, 0.3) is 0 Å². The highest BCUT2D eigenvalue weighted by atomic mass is 32.2. The van der Waals surface area contributed by atoms with Crippen LogP contribution in [-0.4, -0.2) is 46.6 Å². The molecule has 0 spiro atoms. The van der Waals surface area contributed by atoms with Gasteiger partial charge in [0.2, 0.25) is 0 Å². The highest BCUT2D eigenvalue weighted by Gasteiger charge is 2.30. The van der Waals surface area contributed by atoms with E-state index in [0.29, 0.717) is 12.0 Å². The van der Waals surface area contributed by atoms with E-state index in [0.717, 1.165) is 18.6 Å². The molecule has 1 heterocycles. The van der Waals surface area contributed by atoms with Crippen molar-refractivity contribution in [1.82, 2.24) is 4.90 Å². The fraction of sp³-hybridized carbons (Fsp3) is 0.909. The van der Waals surface area contributed by atoms with E-state index in [-0.39, 0.29) is 6.04 Å². The number of aliphatic carboxylic acids is 1. The molecule has 3 nitrogen and oxygen atoms in total. The maximum atomic E-state index is 11.2. The van der Waals surface area contributed by atoms with E-state index in [1.54, 1.807) is 0 Å². The summed E-state index contributed by atoms with van der Waals surface area (Å²) in [6.07, 6.45) is 1.87. The summed E-state index contributed by atoms with van der Waals surface area (Å²) in [4.78, 5) is 13.2. The van der Waals surface area contributed by atoms with Crippen LogP contribution in [0.2, 0.25) is 0 Å². The first-order chi connectivity index (χ1) is 7.02. The van der Waals surface area contributed by atoms with E-state index in [1.807, 2.05) is 18.8 Å². The topological polar surface area (TPSA) is 40.5 Å². The van der Waals surface area contributed by atoms with Crippen molar-refractivity contribution in [3.8, 4) is 0 Å². The second-order valence-electron chi connectivity index (χ2n) is 4.67. The number of likely N-dealkylation sites (N-methyl/N-ethyl adjacent to an activating group) is 1. The lowest BCUT2D eigenvalue weighted by Gasteiger charge is -2.30. The summed E-state index contributed by atoms with van der Waals surface area (Å²) in [7, 11) is 1.96. The van der Waals surface area contributed by atoms with Gasteiger partial charge in [0.15, 0.2) is 0 Å². The average molecular weight is 231 g/mol. The molecule has 1 rings (SSSR count). The Hall–Kier alpha value is -0.220. The highest BCUT2D eigenvalue weighted by molar-refractivity contribution is 7.99. The van der Waals surface area contributed by atoms with Crippen LogP contribution in [-0.2, 0) is 4.79 Å². The molecule has 1 aliphatic heterocycles. The van der Waals surface area contributed by atoms with Crippen molar-refractivity contribution in [2.24, 2.45) is 5.92 Å². The van der Waals surface area contributed by atoms with Crippen LogP contribution in [0.1, 0.15) is 26.7 Å². The molecule has 0 aliphatic carbocycles. The third kappa shape index (κ3) is 3.68. The number of carbonyl (C=O) groups is 1. The van der Waals surface area contributed by atoms with Crippen molar-refractivity contribution in [3.63, 3.8) is 0 Å². The van der Waals surface area contributed by atoms with Crippen LogP contribution >= 0.6 is 11.8 Å². The molecule has 2 unspecified atom stereocenters. The largest absolute Gasteiger partial charge is 0.480 e. The molecule has 0 aromatic rings. The van der Waals surface area contributed by atoms with E-state index < -0.39 is 5.97 Å². The van der Waals surface area contributed by atoms with Gasteiger partial charge < -0.3 is 5.11 Å². The number of hydrogen-bond donors (Lipinski definition) is 1. The maximum absolute atomic E-state index is 11.2. The molecule has 1 N–H and O–H groups in total. The van der Waals surface area contributed by atoms with Gasteiger partial charge in [-0.2, -0.15) is 11.8 Å². The number of hydrogen-bond acceptors (Lipinski definition) is 3. The Morgan fingerprint density at radius 3 is 2.67 bits per heavy atom. The lowest BCUT2D eigenvalue weighted by molar-refractivity contribution is -0.144. The molecule has 0 amide bonds.